The number of aliphatic hydroxyl groups is 1. The summed E-state index contributed by atoms with van der Waals surface area (Å²) in [6.45, 7) is 7.17. The van der Waals surface area contributed by atoms with E-state index in [9.17, 15) is 43.2 Å². The summed E-state index contributed by atoms with van der Waals surface area (Å²) in [7, 11) is -9.89. The average Bonchev–Trinajstić information content (AvgIpc) is 3.66. The maximum absolute atomic E-state index is 13.0. The van der Waals surface area contributed by atoms with Crippen molar-refractivity contribution in [1.29, 1.82) is 0 Å². The van der Waals surface area contributed by atoms with Gasteiger partial charge in [0.2, 0.25) is 0 Å². The largest absolute Gasteiger partial charge is 0.472 e. The maximum atomic E-state index is 13.0. The fourth-order valence-electron chi connectivity index (χ4n) is 10.3. The predicted octanol–water partition coefficient (Wildman–Crippen LogP) is 19.4. The first kappa shape index (κ1) is 85.1. The van der Waals surface area contributed by atoms with Gasteiger partial charge in [0.1, 0.15) is 19.3 Å². The Balaban J connectivity index is 5.23. The highest BCUT2D eigenvalue weighted by Crippen LogP contribution is 2.45. The van der Waals surface area contributed by atoms with Crippen LogP contribution < -0.4 is 0 Å². The van der Waals surface area contributed by atoms with Gasteiger partial charge in [-0.1, -0.05) is 298 Å². The van der Waals surface area contributed by atoms with Crippen LogP contribution in [0.15, 0.2) is 0 Å². The number of rotatable bonds is 68. The van der Waals surface area contributed by atoms with E-state index in [-0.39, 0.29) is 25.7 Å². The minimum Gasteiger partial charge on any atom is -0.462 e. The van der Waals surface area contributed by atoms with Gasteiger partial charge in [-0.25, -0.2) is 9.13 Å². The van der Waals surface area contributed by atoms with Crippen molar-refractivity contribution >= 4 is 39.5 Å². The second-order valence-corrected chi connectivity index (χ2v) is 27.7. The Morgan fingerprint density at radius 3 is 0.816 bits per heavy atom. The van der Waals surface area contributed by atoms with E-state index in [4.69, 9.17) is 37.0 Å². The summed E-state index contributed by atoms with van der Waals surface area (Å²) >= 11 is 0. The Hall–Kier alpha value is -1.94. The number of phosphoric acid groups is 2. The fourth-order valence-corrected chi connectivity index (χ4v) is 11.8. The van der Waals surface area contributed by atoms with Gasteiger partial charge < -0.3 is 33.8 Å². The minimum absolute atomic E-state index is 0.103. The highest BCUT2D eigenvalue weighted by Gasteiger charge is 2.30. The standard InChI is InChI=1S/C68H132O17P2/c1-6-10-13-16-19-22-24-26-27-28-29-31-34-37-43-48-53-67(72)84-63(57-79-66(71)52-47-42-36-33-30-25-23-20-17-14-11-7-2)59-82-86(74,75)80-55-62(69)56-81-87(76,77)83-60-64(58-78-65(70)51-46-41-35-32-21-18-15-12-8-3)85-68(73)54-49-44-39-38-40-45-50-61(5)9-4/h61-64,69H,6-60H2,1-5H3,(H,74,75)(H,76,77)/t61?,62-,63-,64-/m1/s1. The Bertz CT molecular complexity index is 1690. The van der Waals surface area contributed by atoms with Crippen LogP contribution in [0.5, 0.6) is 0 Å². The van der Waals surface area contributed by atoms with E-state index in [1.165, 1.54) is 173 Å². The first-order valence-electron chi connectivity index (χ1n) is 35.7. The van der Waals surface area contributed by atoms with Crippen LogP contribution in [0, 0.1) is 5.92 Å². The van der Waals surface area contributed by atoms with Crippen molar-refractivity contribution in [1.82, 2.24) is 0 Å². The molecule has 0 aliphatic rings. The molecular formula is C68H132O17P2. The summed E-state index contributed by atoms with van der Waals surface area (Å²) in [5.74, 6) is -1.41. The van der Waals surface area contributed by atoms with Crippen LogP contribution in [-0.2, 0) is 65.4 Å². The quantitative estimate of drug-likeness (QED) is 0.0222. The number of ether oxygens (including phenoxy) is 4. The molecular weight excluding hydrogens is 1150 g/mol. The van der Waals surface area contributed by atoms with Crippen LogP contribution in [0.3, 0.4) is 0 Å². The van der Waals surface area contributed by atoms with Crippen LogP contribution >= 0.6 is 15.6 Å². The number of aliphatic hydroxyl groups excluding tert-OH is 1. The molecule has 6 atom stereocenters. The summed E-state index contributed by atoms with van der Waals surface area (Å²) in [6.07, 6.45) is 47.2. The summed E-state index contributed by atoms with van der Waals surface area (Å²) in [6, 6.07) is 0. The van der Waals surface area contributed by atoms with Gasteiger partial charge in [0.05, 0.1) is 26.4 Å². The number of hydrogen-bond acceptors (Lipinski definition) is 15. The van der Waals surface area contributed by atoms with Crippen LogP contribution in [0.4, 0.5) is 0 Å². The molecule has 0 aliphatic carbocycles. The molecule has 87 heavy (non-hydrogen) atoms. The van der Waals surface area contributed by atoms with Gasteiger partial charge in [0.25, 0.3) is 0 Å². The number of esters is 4. The molecule has 0 radical (unpaired) electrons. The van der Waals surface area contributed by atoms with Gasteiger partial charge in [-0.15, -0.1) is 0 Å². The fraction of sp³-hybridized carbons (Fsp3) is 0.941. The third-order valence-electron chi connectivity index (χ3n) is 16.1. The monoisotopic (exact) mass is 1280 g/mol. The zero-order chi connectivity index (χ0) is 64.2. The van der Waals surface area contributed by atoms with E-state index in [2.05, 4.69) is 34.6 Å². The lowest BCUT2D eigenvalue weighted by Gasteiger charge is -2.21. The Kier molecular flexibility index (Phi) is 60.2. The van der Waals surface area contributed by atoms with Crippen molar-refractivity contribution in [3.8, 4) is 0 Å². The number of unbranched alkanes of at least 4 members (excludes halogenated alkanes) is 39. The number of carbonyl (C=O) groups excluding carboxylic acids is 4. The van der Waals surface area contributed by atoms with E-state index in [0.29, 0.717) is 25.7 Å². The zero-order valence-corrected chi connectivity index (χ0v) is 57.9. The van der Waals surface area contributed by atoms with Crippen LogP contribution in [-0.4, -0.2) is 96.7 Å². The third kappa shape index (κ3) is 61.3. The summed E-state index contributed by atoms with van der Waals surface area (Å²) < 4.78 is 68.1. The molecule has 0 heterocycles. The van der Waals surface area contributed by atoms with Gasteiger partial charge in [0.15, 0.2) is 12.2 Å². The molecule has 0 saturated heterocycles. The van der Waals surface area contributed by atoms with Crippen LogP contribution in [0.25, 0.3) is 0 Å². The third-order valence-corrected chi connectivity index (χ3v) is 18.0. The Morgan fingerprint density at radius 2 is 0.552 bits per heavy atom. The highest BCUT2D eigenvalue weighted by molar-refractivity contribution is 7.47. The molecule has 0 aliphatic heterocycles. The molecule has 17 nitrogen and oxygen atoms in total. The van der Waals surface area contributed by atoms with E-state index in [0.717, 1.165) is 95.8 Å². The normalized spacial score (nSPS) is 14.4. The number of hydrogen-bond donors (Lipinski definition) is 3. The molecule has 0 fully saturated rings. The highest BCUT2D eigenvalue weighted by atomic mass is 31.2. The van der Waals surface area contributed by atoms with Crippen molar-refractivity contribution in [3.05, 3.63) is 0 Å². The summed E-state index contributed by atoms with van der Waals surface area (Å²) in [5.41, 5.74) is 0. The molecule has 0 spiro atoms. The van der Waals surface area contributed by atoms with Crippen molar-refractivity contribution in [2.24, 2.45) is 5.92 Å². The van der Waals surface area contributed by atoms with E-state index >= 15 is 0 Å². The van der Waals surface area contributed by atoms with Gasteiger partial charge in [-0.3, -0.25) is 37.3 Å². The lowest BCUT2D eigenvalue weighted by Crippen LogP contribution is -2.30. The molecule has 0 amide bonds. The lowest BCUT2D eigenvalue weighted by molar-refractivity contribution is -0.161. The zero-order valence-electron chi connectivity index (χ0n) is 56.2. The Labute approximate surface area is 530 Å². The average molecular weight is 1280 g/mol. The van der Waals surface area contributed by atoms with E-state index in [1.54, 1.807) is 0 Å². The van der Waals surface area contributed by atoms with Crippen molar-refractivity contribution in [2.45, 2.75) is 368 Å². The summed E-state index contributed by atoms with van der Waals surface area (Å²) in [5, 5.41) is 10.6. The summed E-state index contributed by atoms with van der Waals surface area (Å²) in [4.78, 5) is 72.4. The molecule has 19 heteroatoms. The first-order chi connectivity index (χ1) is 42.1. The molecule has 0 aromatic rings. The molecule has 3 N–H and O–H groups in total. The minimum atomic E-state index is -4.95. The molecule has 516 valence electrons. The molecule has 0 aromatic heterocycles. The van der Waals surface area contributed by atoms with Crippen LogP contribution in [0.1, 0.15) is 349 Å². The lowest BCUT2D eigenvalue weighted by atomic mass is 10.00. The van der Waals surface area contributed by atoms with Gasteiger partial charge in [-0.2, -0.15) is 0 Å². The molecule has 0 aromatic carbocycles. The van der Waals surface area contributed by atoms with Crippen molar-refractivity contribution in [3.63, 3.8) is 0 Å². The second kappa shape index (κ2) is 61.6. The van der Waals surface area contributed by atoms with Gasteiger partial charge in [0, 0.05) is 25.7 Å². The Morgan fingerprint density at radius 1 is 0.322 bits per heavy atom. The van der Waals surface area contributed by atoms with E-state index in [1.807, 2.05) is 0 Å². The SMILES string of the molecule is CCCCCCCCCCCCCCCCCCC(=O)O[C@H](COC(=O)CCCCCCCCCCCCCC)COP(=O)(O)OC[C@@H](O)COP(=O)(O)OC[C@@H](COC(=O)CCCCCCCCCCC)OC(=O)CCCCCCCCC(C)CC. The van der Waals surface area contributed by atoms with Crippen molar-refractivity contribution in [2.75, 3.05) is 39.6 Å². The van der Waals surface area contributed by atoms with Gasteiger partial charge in [-0.05, 0) is 31.6 Å². The molecule has 0 saturated carbocycles. The van der Waals surface area contributed by atoms with Gasteiger partial charge >= 0.3 is 39.5 Å². The topological polar surface area (TPSA) is 237 Å². The molecule has 0 rings (SSSR count). The number of carbonyl (C=O) groups is 4. The van der Waals surface area contributed by atoms with Crippen LogP contribution in [0.2, 0.25) is 0 Å². The second-order valence-electron chi connectivity index (χ2n) is 24.8. The number of phosphoric ester groups is 2. The maximum Gasteiger partial charge on any atom is 0.472 e. The molecule has 3 unspecified atom stereocenters. The predicted molar refractivity (Wildman–Crippen MR) is 349 cm³/mol. The van der Waals surface area contributed by atoms with Crippen molar-refractivity contribution < 1.29 is 80.2 Å². The smallest absolute Gasteiger partial charge is 0.462 e. The molecule has 0 bridgehead atoms. The first-order valence-corrected chi connectivity index (χ1v) is 38.7. The van der Waals surface area contributed by atoms with E-state index < -0.39 is 97.5 Å².